The first-order valence-corrected chi connectivity index (χ1v) is 7.41. The highest BCUT2D eigenvalue weighted by Gasteiger charge is 2.41. The molecule has 108 valence electrons. The predicted octanol–water partition coefficient (Wildman–Crippen LogP) is 1.78. The van der Waals surface area contributed by atoms with E-state index in [1.807, 2.05) is 11.8 Å². The molecule has 5 nitrogen and oxygen atoms in total. The highest BCUT2D eigenvalue weighted by Crippen LogP contribution is 2.36. The number of likely N-dealkylation sites (N-methyl/N-ethyl adjacent to an activating group) is 1. The van der Waals surface area contributed by atoms with Crippen LogP contribution in [0.25, 0.3) is 0 Å². The topological polar surface area (TPSA) is 52.0 Å². The van der Waals surface area contributed by atoms with Crippen molar-refractivity contribution in [1.82, 2.24) is 20.1 Å². The monoisotopic (exact) mass is 266 g/mol. The van der Waals surface area contributed by atoms with E-state index < -0.39 is 0 Å². The van der Waals surface area contributed by atoms with Crippen LogP contribution < -0.4 is 5.32 Å². The van der Waals surface area contributed by atoms with Gasteiger partial charge in [0.1, 0.15) is 12.2 Å². The van der Waals surface area contributed by atoms with E-state index in [1.54, 1.807) is 6.33 Å². The lowest BCUT2D eigenvalue weighted by Gasteiger charge is -2.36. The highest BCUT2D eigenvalue weighted by atomic mass is 16.5. The summed E-state index contributed by atoms with van der Waals surface area (Å²) in [6.45, 7) is 6.07. The summed E-state index contributed by atoms with van der Waals surface area (Å²) in [5.41, 5.74) is -0.0273. The third-order valence-electron chi connectivity index (χ3n) is 4.32. The lowest BCUT2D eigenvalue weighted by atomic mass is 9.89. The number of aryl methyl sites for hydroxylation is 1. The standard InChI is InChI=1S/C14H26N4O/c1-4-15-12(14(19-3)8-6-7-9-14)10-13-16-11-17-18(13)5-2/h11-12,15H,4-10H2,1-3H3. The minimum absolute atomic E-state index is 0.0273. The van der Waals surface area contributed by atoms with Gasteiger partial charge in [-0.2, -0.15) is 5.10 Å². The van der Waals surface area contributed by atoms with Gasteiger partial charge in [-0.05, 0) is 26.3 Å². The van der Waals surface area contributed by atoms with Crippen molar-refractivity contribution in [2.45, 2.75) is 64.1 Å². The van der Waals surface area contributed by atoms with Crippen LogP contribution in [0.5, 0.6) is 0 Å². The maximum Gasteiger partial charge on any atom is 0.138 e. The Balaban J connectivity index is 2.15. The molecule has 1 fully saturated rings. The zero-order valence-corrected chi connectivity index (χ0v) is 12.4. The quantitative estimate of drug-likeness (QED) is 0.817. The van der Waals surface area contributed by atoms with Gasteiger partial charge in [-0.3, -0.25) is 4.68 Å². The molecule has 0 saturated heterocycles. The van der Waals surface area contributed by atoms with Crippen LogP contribution in [0.1, 0.15) is 45.4 Å². The third kappa shape index (κ3) is 2.98. The van der Waals surface area contributed by atoms with Crippen LogP contribution in [0.15, 0.2) is 6.33 Å². The van der Waals surface area contributed by atoms with E-state index in [1.165, 1.54) is 12.8 Å². The zero-order valence-electron chi connectivity index (χ0n) is 12.4. The molecular weight excluding hydrogens is 240 g/mol. The third-order valence-corrected chi connectivity index (χ3v) is 4.32. The molecule has 2 rings (SSSR count). The van der Waals surface area contributed by atoms with Crippen LogP contribution in [0.3, 0.4) is 0 Å². The maximum atomic E-state index is 5.92. The lowest BCUT2D eigenvalue weighted by Crippen LogP contribution is -2.52. The summed E-state index contributed by atoms with van der Waals surface area (Å²) in [4.78, 5) is 4.40. The minimum Gasteiger partial charge on any atom is -0.377 e. The number of hydrogen-bond donors (Lipinski definition) is 1. The SMILES string of the molecule is CCNC(Cc1ncnn1CC)C1(OC)CCCC1. The molecule has 0 spiro atoms. The van der Waals surface area contributed by atoms with Crippen molar-refractivity contribution < 1.29 is 4.74 Å². The zero-order chi connectivity index (χ0) is 13.7. The molecule has 1 unspecified atom stereocenters. The van der Waals surface area contributed by atoms with Crippen molar-refractivity contribution in [3.8, 4) is 0 Å². The Morgan fingerprint density at radius 3 is 2.74 bits per heavy atom. The summed E-state index contributed by atoms with van der Waals surface area (Å²) in [5.74, 6) is 1.05. The van der Waals surface area contributed by atoms with E-state index in [-0.39, 0.29) is 5.60 Å². The molecular formula is C14H26N4O. The maximum absolute atomic E-state index is 5.92. The van der Waals surface area contributed by atoms with Gasteiger partial charge in [0.05, 0.1) is 5.60 Å². The normalized spacial score (nSPS) is 19.7. The largest absolute Gasteiger partial charge is 0.377 e. The number of rotatable bonds is 7. The molecule has 0 aromatic carbocycles. The number of aromatic nitrogens is 3. The van der Waals surface area contributed by atoms with Crippen LogP contribution >= 0.6 is 0 Å². The van der Waals surface area contributed by atoms with Gasteiger partial charge in [-0.15, -0.1) is 0 Å². The van der Waals surface area contributed by atoms with Crippen LogP contribution in [-0.4, -0.2) is 40.1 Å². The van der Waals surface area contributed by atoms with E-state index in [0.29, 0.717) is 6.04 Å². The summed E-state index contributed by atoms with van der Waals surface area (Å²) < 4.78 is 7.89. The second-order valence-electron chi connectivity index (χ2n) is 5.28. The molecule has 1 saturated carbocycles. The molecule has 0 aliphatic heterocycles. The Labute approximate surface area is 115 Å². The van der Waals surface area contributed by atoms with Gasteiger partial charge in [-0.1, -0.05) is 19.8 Å². The van der Waals surface area contributed by atoms with Crippen LogP contribution in [0.2, 0.25) is 0 Å². The van der Waals surface area contributed by atoms with Gasteiger partial charge >= 0.3 is 0 Å². The second kappa shape index (κ2) is 6.48. The van der Waals surface area contributed by atoms with Crippen LogP contribution in [-0.2, 0) is 17.7 Å². The van der Waals surface area contributed by atoms with Gasteiger partial charge in [0.25, 0.3) is 0 Å². The van der Waals surface area contributed by atoms with Gasteiger partial charge < -0.3 is 10.1 Å². The Hall–Kier alpha value is -0.940. The van der Waals surface area contributed by atoms with Crippen molar-refractivity contribution in [2.24, 2.45) is 0 Å². The average Bonchev–Trinajstić information content (AvgIpc) is 3.07. The van der Waals surface area contributed by atoms with Crippen molar-refractivity contribution in [3.05, 3.63) is 12.2 Å². The Bertz CT molecular complexity index is 385. The first-order valence-electron chi connectivity index (χ1n) is 7.41. The molecule has 0 radical (unpaired) electrons. The number of ether oxygens (including phenoxy) is 1. The van der Waals surface area contributed by atoms with Crippen molar-refractivity contribution >= 4 is 0 Å². The molecule has 1 aromatic heterocycles. The highest BCUT2D eigenvalue weighted by molar-refractivity contribution is 5.02. The number of hydrogen-bond acceptors (Lipinski definition) is 4. The molecule has 1 aliphatic rings. The first kappa shape index (κ1) is 14.5. The molecule has 19 heavy (non-hydrogen) atoms. The Morgan fingerprint density at radius 2 is 2.16 bits per heavy atom. The predicted molar refractivity (Wildman–Crippen MR) is 75.1 cm³/mol. The van der Waals surface area contributed by atoms with E-state index in [2.05, 4.69) is 29.2 Å². The van der Waals surface area contributed by atoms with E-state index in [4.69, 9.17) is 4.74 Å². The molecule has 1 aromatic rings. The molecule has 1 N–H and O–H groups in total. The summed E-state index contributed by atoms with van der Waals surface area (Å²) >= 11 is 0. The Morgan fingerprint density at radius 1 is 1.42 bits per heavy atom. The van der Waals surface area contributed by atoms with Gasteiger partial charge in [0.15, 0.2) is 0 Å². The van der Waals surface area contributed by atoms with E-state index in [0.717, 1.165) is 38.2 Å². The summed E-state index contributed by atoms with van der Waals surface area (Å²) in [6.07, 6.45) is 7.33. The lowest BCUT2D eigenvalue weighted by molar-refractivity contribution is -0.0358. The second-order valence-corrected chi connectivity index (χ2v) is 5.28. The number of nitrogens with one attached hydrogen (secondary N) is 1. The average molecular weight is 266 g/mol. The molecule has 0 bridgehead atoms. The van der Waals surface area contributed by atoms with Crippen molar-refractivity contribution in [3.63, 3.8) is 0 Å². The number of nitrogens with zero attached hydrogens (tertiary/aromatic N) is 3. The fourth-order valence-electron chi connectivity index (χ4n) is 3.25. The molecule has 5 heteroatoms. The molecule has 0 amide bonds. The fourth-order valence-corrected chi connectivity index (χ4v) is 3.25. The molecule has 1 heterocycles. The van der Waals surface area contributed by atoms with Gasteiger partial charge in [0, 0.05) is 26.1 Å². The van der Waals surface area contributed by atoms with Crippen LogP contribution in [0, 0.1) is 0 Å². The van der Waals surface area contributed by atoms with Gasteiger partial charge in [-0.25, -0.2) is 4.98 Å². The summed E-state index contributed by atoms with van der Waals surface area (Å²) in [7, 11) is 1.85. The summed E-state index contributed by atoms with van der Waals surface area (Å²) in [5, 5.41) is 7.86. The summed E-state index contributed by atoms with van der Waals surface area (Å²) in [6, 6.07) is 0.319. The van der Waals surface area contributed by atoms with Crippen molar-refractivity contribution in [1.29, 1.82) is 0 Å². The molecule has 1 atom stereocenters. The first-order chi connectivity index (χ1) is 9.25. The number of methoxy groups -OCH3 is 1. The van der Waals surface area contributed by atoms with Gasteiger partial charge in [0.2, 0.25) is 0 Å². The van der Waals surface area contributed by atoms with Crippen molar-refractivity contribution in [2.75, 3.05) is 13.7 Å². The van der Waals surface area contributed by atoms with E-state index >= 15 is 0 Å². The smallest absolute Gasteiger partial charge is 0.138 e. The Kier molecular flexibility index (Phi) is 4.93. The van der Waals surface area contributed by atoms with Crippen LogP contribution in [0.4, 0.5) is 0 Å². The molecule has 1 aliphatic carbocycles. The fraction of sp³-hybridized carbons (Fsp3) is 0.857. The van der Waals surface area contributed by atoms with E-state index in [9.17, 15) is 0 Å². The minimum atomic E-state index is -0.0273.